The molecule has 146 valence electrons. The predicted octanol–water partition coefficient (Wildman–Crippen LogP) is 5.96. The zero-order chi connectivity index (χ0) is 19.5. The summed E-state index contributed by atoms with van der Waals surface area (Å²) in [5, 5.41) is 8.54. The third-order valence-corrected chi connectivity index (χ3v) is 4.01. The Balaban J connectivity index is 1.83. The summed E-state index contributed by atoms with van der Waals surface area (Å²) in [6.07, 6.45) is -0.174. The molecule has 1 unspecified atom stereocenters. The van der Waals surface area contributed by atoms with Gasteiger partial charge in [-0.1, -0.05) is 32.0 Å². The molecule has 0 aliphatic heterocycles. The van der Waals surface area contributed by atoms with Crippen LogP contribution in [0.3, 0.4) is 0 Å². The first-order valence-corrected chi connectivity index (χ1v) is 9.63. The lowest BCUT2D eigenvalue weighted by atomic mass is 10.2. The van der Waals surface area contributed by atoms with E-state index in [1.165, 1.54) is 0 Å². The second-order valence-corrected chi connectivity index (χ2v) is 6.80. The summed E-state index contributed by atoms with van der Waals surface area (Å²) in [5.74, 6) is 0.515. The highest BCUT2D eigenvalue weighted by Crippen LogP contribution is 2.22. The Bertz CT molecular complexity index is 672. The van der Waals surface area contributed by atoms with Gasteiger partial charge in [-0.05, 0) is 56.2 Å². The molecule has 27 heavy (non-hydrogen) atoms. The minimum absolute atomic E-state index is 0.174. The molecule has 0 N–H and O–H groups in total. The first kappa shape index (κ1) is 21.1. The summed E-state index contributed by atoms with van der Waals surface area (Å²) in [6.45, 7) is 11.4. The Morgan fingerprint density at radius 1 is 0.852 bits per heavy atom. The van der Waals surface area contributed by atoms with Crippen LogP contribution in [0.4, 0.5) is 17.1 Å². The molecule has 2 rings (SSSR count). The van der Waals surface area contributed by atoms with Gasteiger partial charge in [0.25, 0.3) is 0 Å². The van der Waals surface area contributed by atoms with Crippen LogP contribution in [0.15, 0.2) is 64.8 Å². The van der Waals surface area contributed by atoms with E-state index in [4.69, 9.17) is 9.47 Å². The molecule has 2 aromatic rings. The van der Waals surface area contributed by atoms with Gasteiger partial charge in [-0.25, -0.2) is 0 Å². The fourth-order valence-electron chi connectivity index (χ4n) is 2.51. The molecule has 0 aliphatic rings. The predicted molar refractivity (Wildman–Crippen MR) is 111 cm³/mol. The highest BCUT2D eigenvalue weighted by Gasteiger charge is 2.07. The van der Waals surface area contributed by atoms with Crippen molar-refractivity contribution in [2.24, 2.45) is 16.1 Å². The lowest BCUT2D eigenvalue weighted by Crippen LogP contribution is -2.29. The van der Waals surface area contributed by atoms with Crippen molar-refractivity contribution in [1.82, 2.24) is 0 Å². The zero-order valence-electron chi connectivity index (χ0n) is 16.8. The molecule has 0 amide bonds. The lowest BCUT2D eigenvalue weighted by Gasteiger charge is -2.24. The van der Waals surface area contributed by atoms with Gasteiger partial charge in [-0.2, -0.15) is 10.2 Å². The van der Waals surface area contributed by atoms with Crippen molar-refractivity contribution in [3.05, 3.63) is 54.6 Å². The molecule has 0 saturated heterocycles. The Hall–Kier alpha value is -2.24. The lowest BCUT2D eigenvalue weighted by molar-refractivity contribution is -0.134. The third kappa shape index (κ3) is 7.89. The molecule has 0 spiro atoms. The number of hydrogen-bond donors (Lipinski definition) is 0. The second kappa shape index (κ2) is 11.5. The first-order valence-electron chi connectivity index (χ1n) is 9.63. The van der Waals surface area contributed by atoms with Gasteiger partial charge >= 0.3 is 0 Å². The molecular formula is C22H31N3O2. The Kier molecular flexibility index (Phi) is 8.95. The summed E-state index contributed by atoms with van der Waals surface area (Å²) in [4.78, 5) is 2.27. The molecular weight excluding hydrogens is 338 g/mol. The van der Waals surface area contributed by atoms with Gasteiger partial charge in [-0.3, -0.25) is 0 Å². The van der Waals surface area contributed by atoms with Crippen molar-refractivity contribution in [2.45, 2.75) is 34.0 Å². The number of likely N-dealkylation sites (N-methyl/N-ethyl adjacent to an activating group) is 1. The number of anilines is 1. The largest absolute Gasteiger partial charge is 0.369 e. The summed E-state index contributed by atoms with van der Waals surface area (Å²) >= 11 is 0. The molecule has 5 nitrogen and oxygen atoms in total. The molecule has 0 bridgehead atoms. The van der Waals surface area contributed by atoms with Crippen LogP contribution in [0.1, 0.15) is 27.7 Å². The van der Waals surface area contributed by atoms with E-state index in [9.17, 15) is 0 Å². The van der Waals surface area contributed by atoms with Crippen LogP contribution in [0, 0.1) is 5.92 Å². The summed E-state index contributed by atoms with van der Waals surface area (Å²) in [7, 11) is 0. The zero-order valence-corrected chi connectivity index (χ0v) is 16.8. The highest BCUT2D eigenvalue weighted by molar-refractivity contribution is 5.52. The number of benzene rings is 2. The Morgan fingerprint density at radius 2 is 1.48 bits per heavy atom. The molecule has 1 atom stereocenters. The van der Waals surface area contributed by atoms with E-state index in [1.807, 2.05) is 49.4 Å². The molecule has 2 aromatic carbocycles. The van der Waals surface area contributed by atoms with E-state index in [-0.39, 0.29) is 6.29 Å². The molecule has 0 fully saturated rings. The molecule has 0 saturated carbocycles. The molecule has 5 heteroatoms. The standard InChI is InChI=1S/C22H31N3O2/c1-5-25(15-16-26-19(4)27-17-18(2)3)22-13-11-21(12-14-22)24-23-20-9-7-6-8-10-20/h6-14,18-19H,5,15-17H2,1-4H3/b24-23+. The number of nitrogens with zero attached hydrogens (tertiary/aromatic N) is 3. The van der Waals surface area contributed by atoms with Gasteiger partial charge in [0.05, 0.1) is 24.6 Å². The quantitative estimate of drug-likeness (QED) is 0.362. The monoisotopic (exact) mass is 369 g/mol. The fraction of sp³-hybridized carbons (Fsp3) is 0.455. The van der Waals surface area contributed by atoms with Crippen molar-refractivity contribution in [1.29, 1.82) is 0 Å². The minimum atomic E-state index is -0.174. The third-order valence-electron chi connectivity index (χ3n) is 4.01. The van der Waals surface area contributed by atoms with E-state index in [1.54, 1.807) is 0 Å². The van der Waals surface area contributed by atoms with Crippen molar-refractivity contribution in [3.63, 3.8) is 0 Å². The highest BCUT2D eigenvalue weighted by atomic mass is 16.7. The molecule has 0 radical (unpaired) electrons. The van der Waals surface area contributed by atoms with Gasteiger partial charge in [-0.15, -0.1) is 0 Å². The minimum Gasteiger partial charge on any atom is -0.369 e. The van der Waals surface area contributed by atoms with Gasteiger partial charge in [0.1, 0.15) is 0 Å². The van der Waals surface area contributed by atoms with Gasteiger partial charge in [0.15, 0.2) is 6.29 Å². The van der Waals surface area contributed by atoms with Crippen LogP contribution < -0.4 is 4.90 Å². The number of hydrogen-bond acceptors (Lipinski definition) is 5. The van der Waals surface area contributed by atoms with E-state index in [0.29, 0.717) is 12.5 Å². The van der Waals surface area contributed by atoms with E-state index < -0.39 is 0 Å². The van der Waals surface area contributed by atoms with E-state index in [0.717, 1.165) is 36.8 Å². The van der Waals surface area contributed by atoms with Crippen LogP contribution in [0.25, 0.3) is 0 Å². The van der Waals surface area contributed by atoms with Crippen LogP contribution in [-0.4, -0.2) is 32.6 Å². The van der Waals surface area contributed by atoms with Gasteiger partial charge in [0.2, 0.25) is 0 Å². The first-order chi connectivity index (χ1) is 13.1. The average molecular weight is 370 g/mol. The van der Waals surface area contributed by atoms with E-state index >= 15 is 0 Å². The number of ether oxygens (including phenoxy) is 2. The summed E-state index contributed by atoms with van der Waals surface area (Å²) < 4.78 is 11.4. The normalized spacial score (nSPS) is 12.6. The van der Waals surface area contributed by atoms with Crippen molar-refractivity contribution in [3.8, 4) is 0 Å². The number of rotatable bonds is 11. The fourth-order valence-corrected chi connectivity index (χ4v) is 2.51. The number of azo groups is 1. The maximum Gasteiger partial charge on any atom is 0.154 e. The molecule has 0 heterocycles. The average Bonchev–Trinajstić information content (AvgIpc) is 2.69. The van der Waals surface area contributed by atoms with E-state index in [2.05, 4.69) is 48.0 Å². The maximum absolute atomic E-state index is 5.76. The summed E-state index contributed by atoms with van der Waals surface area (Å²) in [5.41, 5.74) is 2.84. The smallest absolute Gasteiger partial charge is 0.154 e. The second-order valence-electron chi connectivity index (χ2n) is 6.80. The maximum atomic E-state index is 5.76. The SMILES string of the molecule is CCN(CCOC(C)OCC(C)C)c1ccc(/N=N/c2ccccc2)cc1. The topological polar surface area (TPSA) is 46.4 Å². The van der Waals surface area contributed by atoms with Crippen molar-refractivity contribution < 1.29 is 9.47 Å². The summed E-state index contributed by atoms with van der Waals surface area (Å²) in [6, 6.07) is 17.8. The van der Waals surface area contributed by atoms with Crippen LogP contribution >= 0.6 is 0 Å². The molecule has 0 aliphatic carbocycles. The van der Waals surface area contributed by atoms with Gasteiger partial charge in [0, 0.05) is 18.8 Å². The van der Waals surface area contributed by atoms with Crippen LogP contribution in [0.5, 0.6) is 0 Å². The van der Waals surface area contributed by atoms with Crippen LogP contribution in [-0.2, 0) is 9.47 Å². The van der Waals surface area contributed by atoms with Crippen molar-refractivity contribution in [2.75, 3.05) is 31.2 Å². The Labute approximate surface area is 163 Å². The van der Waals surface area contributed by atoms with Crippen molar-refractivity contribution >= 4 is 17.1 Å². The molecule has 0 aromatic heterocycles. The Morgan fingerprint density at radius 3 is 2.07 bits per heavy atom. The van der Waals surface area contributed by atoms with Crippen LogP contribution in [0.2, 0.25) is 0 Å². The van der Waals surface area contributed by atoms with Gasteiger partial charge < -0.3 is 14.4 Å².